The summed E-state index contributed by atoms with van der Waals surface area (Å²) in [6.07, 6.45) is 0. The van der Waals surface area contributed by atoms with Crippen LogP contribution >= 0.6 is 12.4 Å². The number of ether oxygens (including phenoxy) is 2. The number of nitrogens with two attached hydrogens (primary N) is 1. The van der Waals surface area contributed by atoms with Gasteiger partial charge < -0.3 is 15.2 Å². The third-order valence-corrected chi connectivity index (χ3v) is 1.85. The molecule has 0 saturated heterocycles. The summed E-state index contributed by atoms with van der Waals surface area (Å²) in [4.78, 5) is 0. The molecule has 90 valence electrons. The van der Waals surface area contributed by atoms with E-state index < -0.39 is 0 Å². The van der Waals surface area contributed by atoms with E-state index in [2.05, 4.69) is 0 Å². The summed E-state index contributed by atoms with van der Waals surface area (Å²) in [6, 6.07) is 5.23. The second-order valence-corrected chi connectivity index (χ2v) is 2.94. The minimum atomic E-state index is 0. The lowest BCUT2D eigenvalue weighted by Gasteiger charge is -2.11. The molecule has 1 rings (SSSR count). The number of hydrogen-bond donors (Lipinski definition) is 2. The van der Waals surface area contributed by atoms with Crippen LogP contribution in [0.25, 0.3) is 0 Å². The van der Waals surface area contributed by atoms with E-state index in [1.165, 1.54) is 0 Å². The summed E-state index contributed by atoms with van der Waals surface area (Å²) < 4.78 is 10.8. The van der Waals surface area contributed by atoms with Crippen molar-refractivity contribution in [2.75, 3.05) is 13.2 Å². The Labute approximate surface area is 102 Å². The van der Waals surface area contributed by atoms with E-state index in [1.54, 1.807) is 18.2 Å². The maximum atomic E-state index is 7.32. The molecule has 4 nitrogen and oxygen atoms in total. The lowest BCUT2D eigenvalue weighted by Crippen LogP contribution is -2.11. The van der Waals surface area contributed by atoms with Crippen LogP contribution in [0.15, 0.2) is 18.2 Å². The normalized spacial score (nSPS) is 9.12. The van der Waals surface area contributed by atoms with Crippen LogP contribution in [0.4, 0.5) is 0 Å². The second kappa shape index (κ2) is 6.95. The van der Waals surface area contributed by atoms with Crippen LogP contribution in [0.5, 0.6) is 11.5 Å². The van der Waals surface area contributed by atoms with E-state index in [-0.39, 0.29) is 18.2 Å². The summed E-state index contributed by atoms with van der Waals surface area (Å²) >= 11 is 0. The van der Waals surface area contributed by atoms with Gasteiger partial charge in [-0.15, -0.1) is 12.4 Å². The Kier molecular flexibility index (Phi) is 6.34. The molecule has 0 unspecified atom stereocenters. The van der Waals surface area contributed by atoms with Gasteiger partial charge in [-0.1, -0.05) is 0 Å². The van der Waals surface area contributed by atoms with Gasteiger partial charge in [0.2, 0.25) is 0 Å². The van der Waals surface area contributed by atoms with Crippen molar-refractivity contribution < 1.29 is 9.47 Å². The number of nitrogens with one attached hydrogen (secondary N) is 1. The third-order valence-electron chi connectivity index (χ3n) is 1.85. The highest BCUT2D eigenvalue weighted by Crippen LogP contribution is 2.28. The highest BCUT2D eigenvalue weighted by Gasteiger charge is 2.06. The molecule has 0 aromatic heterocycles. The van der Waals surface area contributed by atoms with Crippen LogP contribution in [-0.4, -0.2) is 19.0 Å². The fourth-order valence-corrected chi connectivity index (χ4v) is 1.22. The fourth-order valence-electron chi connectivity index (χ4n) is 1.22. The number of benzene rings is 1. The number of rotatable bonds is 5. The highest BCUT2D eigenvalue weighted by molar-refractivity contribution is 5.95. The van der Waals surface area contributed by atoms with Crippen LogP contribution in [0.1, 0.15) is 19.4 Å². The van der Waals surface area contributed by atoms with E-state index in [1.807, 2.05) is 13.8 Å². The molecule has 0 aliphatic rings. The van der Waals surface area contributed by atoms with Gasteiger partial charge in [-0.05, 0) is 32.0 Å². The van der Waals surface area contributed by atoms with Crippen LogP contribution in [0, 0.1) is 5.41 Å². The molecule has 3 N–H and O–H groups in total. The molecule has 0 bridgehead atoms. The summed E-state index contributed by atoms with van der Waals surface area (Å²) in [6.45, 7) is 4.95. The molecular formula is C11H17ClN2O2. The zero-order valence-corrected chi connectivity index (χ0v) is 10.3. The van der Waals surface area contributed by atoms with Crippen molar-refractivity contribution in [2.24, 2.45) is 5.73 Å². The number of halogens is 1. The van der Waals surface area contributed by atoms with Gasteiger partial charge in [-0.2, -0.15) is 0 Å². The molecule has 0 radical (unpaired) electrons. The summed E-state index contributed by atoms with van der Waals surface area (Å²) in [5.41, 5.74) is 6.03. The topological polar surface area (TPSA) is 68.3 Å². The van der Waals surface area contributed by atoms with Gasteiger partial charge in [0.25, 0.3) is 0 Å². The maximum Gasteiger partial charge on any atom is 0.161 e. The van der Waals surface area contributed by atoms with Crippen molar-refractivity contribution >= 4 is 18.2 Å². The predicted octanol–water partition coefficient (Wildman–Crippen LogP) is 2.19. The quantitative estimate of drug-likeness (QED) is 0.616. The lowest BCUT2D eigenvalue weighted by molar-refractivity contribution is 0.287. The maximum absolute atomic E-state index is 7.32. The first kappa shape index (κ1) is 14.6. The third kappa shape index (κ3) is 3.62. The van der Waals surface area contributed by atoms with E-state index in [0.717, 1.165) is 0 Å². The molecule has 0 atom stereocenters. The fraction of sp³-hybridized carbons (Fsp3) is 0.364. The van der Waals surface area contributed by atoms with E-state index >= 15 is 0 Å². The minimum absolute atomic E-state index is 0. The second-order valence-electron chi connectivity index (χ2n) is 2.94. The predicted molar refractivity (Wildman–Crippen MR) is 67.0 cm³/mol. The van der Waals surface area contributed by atoms with Crippen molar-refractivity contribution in [3.8, 4) is 11.5 Å². The zero-order valence-electron chi connectivity index (χ0n) is 9.45. The summed E-state index contributed by atoms with van der Waals surface area (Å²) in [5, 5.41) is 7.32. The highest BCUT2D eigenvalue weighted by atomic mass is 35.5. The van der Waals surface area contributed by atoms with Crippen LogP contribution in [0.2, 0.25) is 0 Å². The Hall–Kier alpha value is -1.42. The Bertz CT molecular complexity index is 356. The van der Waals surface area contributed by atoms with Gasteiger partial charge in [-0.25, -0.2) is 0 Å². The first-order valence-corrected chi connectivity index (χ1v) is 4.93. The van der Waals surface area contributed by atoms with E-state index in [0.29, 0.717) is 30.3 Å². The molecule has 0 fully saturated rings. The summed E-state index contributed by atoms with van der Waals surface area (Å²) in [7, 11) is 0. The number of nitrogen functional groups attached to an aromatic ring is 1. The molecule has 0 amide bonds. The van der Waals surface area contributed by atoms with Crippen LogP contribution < -0.4 is 15.2 Å². The van der Waals surface area contributed by atoms with Gasteiger partial charge in [0.15, 0.2) is 11.5 Å². The Morgan fingerprint density at radius 2 is 1.75 bits per heavy atom. The largest absolute Gasteiger partial charge is 0.490 e. The van der Waals surface area contributed by atoms with E-state index in [9.17, 15) is 0 Å². The molecule has 1 aromatic carbocycles. The Morgan fingerprint density at radius 3 is 2.25 bits per heavy atom. The molecule has 16 heavy (non-hydrogen) atoms. The van der Waals surface area contributed by atoms with E-state index in [4.69, 9.17) is 20.6 Å². The van der Waals surface area contributed by atoms with Crippen molar-refractivity contribution in [1.29, 1.82) is 5.41 Å². The average Bonchev–Trinajstić information content (AvgIpc) is 2.21. The number of hydrogen-bond acceptors (Lipinski definition) is 3. The lowest BCUT2D eigenvalue weighted by atomic mass is 10.2. The molecule has 0 spiro atoms. The molecule has 0 saturated carbocycles. The molecule has 5 heteroatoms. The molecule has 0 aliphatic heterocycles. The standard InChI is InChI=1S/C11H16N2O2.ClH/c1-3-14-9-6-5-8(11(12)13)7-10(9)15-4-2;/h5-7H,3-4H2,1-2H3,(H3,12,13);1H. The van der Waals surface area contributed by atoms with Crippen molar-refractivity contribution in [1.82, 2.24) is 0 Å². The van der Waals surface area contributed by atoms with Crippen LogP contribution in [-0.2, 0) is 0 Å². The Balaban J connectivity index is 0.00000225. The summed E-state index contributed by atoms with van der Waals surface area (Å²) in [5.74, 6) is 1.34. The molecule has 1 aromatic rings. The zero-order chi connectivity index (χ0) is 11.3. The van der Waals surface area contributed by atoms with Gasteiger partial charge in [0, 0.05) is 5.56 Å². The molecule has 0 aliphatic carbocycles. The minimum Gasteiger partial charge on any atom is -0.490 e. The average molecular weight is 245 g/mol. The first-order valence-electron chi connectivity index (χ1n) is 4.93. The van der Waals surface area contributed by atoms with Gasteiger partial charge in [0.05, 0.1) is 13.2 Å². The van der Waals surface area contributed by atoms with Gasteiger partial charge >= 0.3 is 0 Å². The van der Waals surface area contributed by atoms with Gasteiger partial charge in [-0.3, -0.25) is 5.41 Å². The van der Waals surface area contributed by atoms with Gasteiger partial charge in [0.1, 0.15) is 5.84 Å². The van der Waals surface area contributed by atoms with Crippen molar-refractivity contribution in [3.63, 3.8) is 0 Å². The monoisotopic (exact) mass is 244 g/mol. The Morgan fingerprint density at radius 1 is 1.19 bits per heavy atom. The first-order chi connectivity index (χ1) is 7.19. The SMILES string of the molecule is CCOc1ccc(C(=N)N)cc1OCC.Cl. The molecular weight excluding hydrogens is 228 g/mol. The van der Waals surface area contributed by atoms with Crippen LogP contribution in [0.3, 0.4) is 0 Å². The molecule has 0 heterocycles. The van der Waals surface area contributed by atoms with Crippen molar-refractivity contribution in [3.05, 3.63) is 23.8 Å². The number of amidine groups is 1. The smallest absolute Gasteiger partial charge is 0.161 e. The van der Waals surface area contributed by atoms with Crippen molar-refractivity contribution in [2.45, 2.75) is 13.8 Å².